The van der Waals surface area contributed by atoms with Crippen LogP contribution in [-0.4, -0.2) is 73.5 Å². The lowest BCUT2D eigenvalue weighted by Crippen LogP contribution is -2.48. The number of carboxylic acids is 1. The predicted octanol–water partition coefficient (Wildman–Crippen LogP) is 0.384. The fraction of sp³-hybridized carbons (Fsp3) is 0.500. The van der Waals surface area contributed by atoms with E-state index < -0.39 is 26.6 Å². The Kier molecular flexibility index (Phi) is 5.93. The molecule has 1 heterocycles. The highest BCUT2D eigenvalue weighted by Crippen LogP contribution is 2.30. The zero-order valence-electron chi connectivity index (χ0n) is 13.6. The minimum absolute atomic E-state index is 0.00255. The molecular weight excluding hydrogens is 354 g/mol. The molecule has 1 saturated heterocycles. The third-order valence-electron chi connectivity index (χ3n) is 3.96. The molecule has 1 aromatic rings. The standard InChI is InChI=1S/C14H19N3O7S/c1-24-13-3-2-11(10-12(13)17(20)21)25(22,23)16-8-6-15(7-9-16)5-4-14(18)19/h2-3,10H,4-9H2,1H3,(H,18,19). The Hall–Kier alpha value is -2.24. The highest BCUT2D eigenvalue weighted by atomic mass is 32.2. The molecule has 2 rings (SSSR count). The minimum Gasteiger partial charge on any atom is -0.490 e. The van der Waals surface area contributed by atoms with E-state index in [1.165, 1.54) is 23.5 Å². The van der Waals surface area contributed by atoms with Crippen molar-refractivity contribution in [3.05, 3.63) is 28.3 Å². The number of nitrogens with zero attached hydrogens (tertiary/aromatic N) is 3. The summed E-state index contributed by atoms with van der Waals surface area (Å²) in [6.07, 6.45) is -0.00255. The number of carboxylic acid groups (broad SMARTS) is 1. The van der Waals surface area contributed by atoms with Crippen molar-refractivity contribution in [1.29, 1.82) is 0 Å². The number of nitro groups is 1. The first-order valence-electron chi connectivity index (χ1n) is 7.52. The van der Waals surface area contributed by atoms with Gasteiger partial charge in [0, 0.05) is 38.8 Å². The van der Waals surface area contributed by atoms with Gasteiger partial charge in [-0.2, -0.15) is 4.31 Å². The number of hydrogen-bond acceptors (Lipinski definition) is 7. The smallest absolute Gasteiger partial charge is 0.312 e. The topological polar surface area (TPSA) is 130 Å². The lowest BCUT2D eigenvalue weighted by molar-refractivity contribution is -0.386. The number of piperazine rings is 1. The second kappa shape index (κ2) is 7.76. The molecule has 1 aliphatic heterocycles. The number of ether oxygens (including phenoxy) is 1. The number of benzene rings is 1. The van der Waals surface area contributed by atoms with E-state index in [1.807, 2.05) is 4.90 Å². The van der Waals surface area contributed by atoms with Gasteiger partial charge in [-0.1, -0.05) is 0 Å². The van der Waals surface area contributed by atoms with Gasteiger partial charge in [0.05, 0.1) is 23.3 Å². The molecule has 0 atom stereocenters. The maximum Gasteiger partial charge on any atom is 0.312 e. The first kappa shape index (κ1) is 19.1. The SMILES string of the molecule is COc1ccc(S(=O)(=O)N2CCN(CCC(=O)O)CC2)cc1[N+](=O)[O-]. The summed E-state index contributed by atoms with van der Waals surface area (Å²) in [5.41, 5.74) is -0.413. The fourth-order valence-corrected chi connectivity index (χ4v) is 4.01. The van der Waals surface area contributed by atoms with E-state index in [0.29, 0.717) is 19.6 Å². The van der Waals surface area contributed by atoms with Crippen molar-refractivity contribution in [2.75, 3.05) is 39.8 Å². The number of sulfonamides is 1. The summed E-state index contributed by atoms with van der Waals surface area (Å²) < 4.78 is 31.5. The van der Waals surface area contributed by atoms with E-state index >= 15 is 0 Å². The van der Waals surface area contributed by atoms with Gasteiger partial charge in [0.15, 0.2) is 5.75 Å². The average Bonchev–Trinajstić information content (AvgIpc) is 2.59. The Labute approximate surface area is 144 Å². The average molecular weight is 373 g/mol. The molecule has 1 aromatic carbocycles. The number of carbonyl (C=O) groups is 1. The van der Waals surface area contributed by atoms with Crippen molar-refractivity contribution in [1.82, 2.24) is 9.21 Å². The van der Waals surface area contributed by atoms with E-state index in [2.05, 4.69) is 0 Å². The van der Waals surface area contributed by atoms with Gasteiger partial charge in [0.1, 0.15) is 0 Å². The van der Waals surface area contributed by atoms with E-state index in [4.69, 9.17) is 9.84 Å². The lowest BCUT2D eigenvalue weighted by atomic mass is 10.3. The van der Waals surface area contributed by atoms with E-state index in [0.717, 1.165) is 6.07 Å². The van der Waals surface area contributed by atoms with Crippen LogP contribution in [0.4, 0.5) is 5.69 Å². The third kappa shape index (κ3) is 4.44. The molecule has 1 N–H and O–H groups in total. The molecule has 138 valence electrons. The Bertz CT molecular complexity index is 758. The molecule has 0 spiro atoms. The van der Waals surface area contributed by atoms with Crippen LogP contribution < -0.4 is 4.74 Å². The number of nitro benzene ring substituents is 1. The number of hydrogen-bond donors (Lipinski definition) is 1. The predicted molar refractivity (Wildman–Crippen MR) is 87.1 cm³/mol. The number of rotatable bonds is 7. The quantitative estimate of drug-likeness (QED) is 0.536. The van der Waals surface area contributed by atoms with E-state index in [-0.39, 0.29) is 30.2 Å². The fourth-order valence-electron chi connectivity index (χ4n) is 2.57. The maximum absolute atomic E-state index is 12.7. The first-order chi connectivity index (χ1) is 11.8. The summed E-state index contributed by atoms with van der Waals surface area (Å²) >= 11 is 0. The molecule has 0 aliphatic carbocycles. The molecule has 11 heteroatoms. The largest absolute Gasteiger partial charge is 0.490 e. The van der Waals surface area contributed by atoms with Gasteiger partial charge in [-0.15, -0.1) is 0 Å². The van der Waals surface area contributed by atoms with Crippen molar-refractivity contribution < 1.29 is 28.0 Å². The molecule has 0 saturated carbocycles. The summed E-state index contributed by atoms with van der Waals surface area (Å²) in [6.45, 7) is 1.57. The van der Waals surface area contributed by atoms with Crippen LogP contribution in [-0.2, 0) is 14.8 Å². The monoisotopic (exact) mass is 373 g/mol. The van der Waals surface area contributed by atoms with Crippen LogP contribution in [0.1, 0.15) is 6.42 Å². The zero-order valence-corrected chi connectivity index (χ0v) is 14.4. The van der Waals surface area contributed by atoms with Gasteiger partial charge >= 0.3 is 11.7 Å². The van der Waals surface area contributed by atoms with Crippen molar-refractivity contribution in [2.45, 2.75) is 11.3 Å². The normalized spacial score (nSPS) is 16.5. The molecule has 0 radical (unpaired) electrons. The molecule has 0 amide bonds. The van der Waals surface area contributed by atoms with E-state index in [1.54, 1.807) is 0 Å². The van der Waals surface area contributed by atoms with Crippen LogP contribution in [0, 0.1) is 10.1 Å². The van der Waals surface area contributed by atoms with Crippen LogP contribution in [0.5, 0.6) is 5.75 Å². The summed E-state index contributed by atoms with van der Waals surface area (Å²) in [5, 5.41) is 19.8. The summed E-state index contributed by atoms with van der Waals surface area (Å²) in [6, 6.07) is 3.52. The molecule has 1 fully saturated rings. The molecule has 10 nitrogen and oxygen atoms in total. The molecule has 25 heavy (non-hydrogen) atoms. The first-order valence-corrected chi connectivity index (χ1v) is 8.96. The summed E-state index contributed by atoms with van der Waals surface area (Å²) in [7, 11) is -2.60. The van der Waals surface area contributed by atoms with Crippen molar-refractivity contribution in [3.63, 3.8) is 0 Å². The van der Waals surface area contributed by atoms with Gasteiger partial charge < -0.3 is 14.7 Å². The van der Waals surface area contributed by atoms with Crippen molar-refractivity contribution >= 4 is 21.7 Å². The molecule has 0 bridgehead atoms. The highest BCUT2D eigenvalue weighted by Gasteiger charge is 2.30. The second-order valence-corrected chi connectivity index (χ2v) is 7.42. The molecule has 0 aromatic heterocycles. The summed E-state index contributed by atoms with van der Waals surface area (Å²) in [4.78, 5) is 22.7. The summed E-state index contributed by atoms with van der Waals surface area (Å²) in [5.74, 6) is -0.914. The van der Waals surface area contributed by atoms with Gasteiger partial charge in [-0.05, 0) is 12.1 Å². The van der Waals surface area contributed by atoms with Gasteiger partial charge in [-0.25, -0.2) is 8.42 Å². The Morgan fingerprint density at radius 2 is 1.96 bits per heavy atom. The maximum atomic E-state index is 12.7. The van der Waals surface area contributed by atoms with Gasteiger partial charge in [0.2, 0.25) is 10.0 Å². The molecule has 1 aliphatic rings. The third-order valence-corrected chi connectivity index (χ3v) is 5.85. The molecule has 0 unspecified atom stereocenters. The van der Waals surface area contributed by atoms with Gasteiger partial charge in [0.25, 0.3) is 0 Å². The Morgan fingerprint density at radius 3 is 2.48 bits per heavy atom. The highest BCUT2D eigenvalue weighted by molar-refractivity contribution is 7.89. The number of methoxy groups -OCH3 is 1. The van der Waals surface area contributed by atoms with Crippen molar-refractivity contribution in [2.24, 2.45) is 0 Å². The second-order valence-electron chi connectivity index (χ2n) is 5.48. The Morgan fingerprint density at radius 1 is 1.32 bits per heavy atom. The van der Waals surface area contributed by atoms with Crippen molar-refractivity contribution in [3.8, 4) is 5.75 Å². The van der Waals surface area contributed by atoms with Crippen LogP contribution >= 0.6 is 0 Å². The van der Waals surface area contributed by atoms with Crippen LogP contribution in [0.15, 0.2) is 23.1 Å². The van der Waals surface area contributed by atoms with Gasteiger partial charge in [-0.3, -0.25) is 14.9 Å². The number of aliphatic carboxylic acids is 1. The minimum atomic E-state index is -3.87. The van der Waals surface area contributed by atoms with E-state index in [9.17, 15) is 23.3 Å². The molecular formula is C14H19N3O7S. The lowest BCUT2D eigenvalue weighted by Gasteiger charge is -2.33. The van der Waals surface area contributed by atoms with Crippen LogP contribution in [0.25, 0.3) is 0 Å². The van der Waals surface area contributed by atoms with Crippen LogP contribution in [0.3, 0.4) is 0 Å². The van der Waals surface area contributed by atoms with Crippen LogP contribution in [0.2, 0.25) is 0 Å². The Balaban J connectivity index is 2.13. The zero-order chi connectivity index (χ0) is 18.6.